The topological polar surface area (TPSA) is 0 Å². The fraction of sp³-hybridized carbons (Fsp3) is 0.250. The van der Waals surface area contributed by atoms with E-state index in [2.05, 4.69) is 0 Å². The highest BCUT2D eigenvalue weighted by Crippen LogP contribution is 2.46. The maximum atomic E-state index is 12.9. The summed E-state index contributed by atoms with van der Waals surface area (Å²) in [6.45, 7) is 0. The van der Waals surface area contributed by atoms with E-state index in [0.29, 0.717) is 5.56 Å². The molecular weight excluding hydrogens is 166 g/mol. The van der Waals surface area contributed by atoms with Crippen LogP contribution in [0, 0.1) is 11.6 Å². The lowest BCUT2D eigenvalue weighted by Gasteiger charge is -1.97. The lowest BCUT2D eigenvalue weighted by Crippen LogP contribution is -1.88. The Morgan fingerprint density at radius 1 is 1.36 bits per heavy atom. The molecule has 0 N–H and O–H groups in total. The number of rotatable bonds is 1. The molecule has 0 saturated carbocycles. The van der Waals surface area contributed by atoms with Gasteiger partial charge in [0.05, 0.1) is 0 Å². The molecule has 1 aromatic rings. The maximum Gasteiger partial charge on any atom is 0.127 e. The van der Waals surface area contributed by atoms with Gasteiger partial charge in [-0.05, 0) is 18.2 Å². The first-order valence-corrected chi connectivity index (χ1v) is 4.39. The number of benzene rings is 1. The maximum absolute atomic E-state index is 12.9. The Hall–Kier alpha value is -0.570. The van der Waals surface area contributed by atoms with Crippen LogP contribution >= 0.6 is 11.8 Å². The molecule has 1 unspecified atom stereocenters. The molecular formula is C8H6F2S. The third kappa shape index (κ3) is 1.38. The van der Waals surface area contributed by atoms with Crippen molar-refractivity contribution >= 4 is 11.8 Å². The highest BCUT2D eigenvalue weighted by Gasteiger charge is 2.27. The quantitative estimate of drug-likeness (QED) is 0.587. The average Bonchev–Trinajstić information content (AvgIpc) is 2.76. The molecule has 1 heterocycles. The fourth-order valence-electron chi connectivity index (χ4n) is 0.989. The number of halogens is 2. The van der Waals surface area contributed by atoms with Crippen molar-refractivity contribution in [2.24, 2.45) is 0 Å². The van der Waals surface area contributed by atoms with Gasteiger partial charge in [-0.1, -0.05) is 0 Å². The van der Waals surface area contributed by atoms with Crippen molar-refractivity contribution in [1.82, 2.24) is 0 Å². The Kier molecular flexibility index (Phi) is 1.60. The first-order valence-electron chi connectivity index (χ1n) is 3.34. The molecule has 3 heteroatoms. The highest BCUT2D eigenvalue weighted by molar-refractivity contribution is 8.06. The molecule has 1 aliphatic heterocycles. The van der Waals surface area contributed by atoms with Crippen molar-refractivity contribution in [3.63, 3.8) is 0 Å². The van der Waals surface area contributed by atoms with Crippen LogP contribution in [-0.2, 0) is 0 Å². The summed E-state index contributed by atoms with van der Waals surface area (Å²) in [5.41, 5.74) is 0.509. The van der Waals surface area contributed by atoms with Gasteiger partial charge in [-0.25, -0.2) is 8.78 Å². The number of thioether (sulfide) groups is 1. The van der Waals surface area contributed by atoms with Crippen LogP contribution in [0.5, 0.6) is 0 Å². The van der Waals surface area contributed by atoms with Crippen molar-refractivity contribution in [3.8, 4) is 0 Å². The average molecular weight is 172 g/mol. The summed E-state index contributed by atoms with van der Waals surface area (Å²) in [5, 5.41) is 0.200. The molecule has 0 aliphatic carbocycles. The third-order valence-corrected chi connectivity index (χ3v) is 2.56. The van der Waals surface area contributed by atoms with E-state index in [1.165, 1.54) is 12.1 Å². The van der Waals surface area contributed by atoms with Gasteiger partial charge in [0, 0.05) is 16.6 Å². The highest BCUT2D eigenvalue weighted by atomic mass is 32.2. The standard InChI is InChI=1S/C8H6F2S/c9-5-1-2-7(10)6(3-5)8-4-11-8/h1-3,8H,4H2. The van der Waals surface area contributed by atoms with Crippen molar-refractivity contribution in [3.05, 3.63) is 35.4 Å². The second-order valence-electron chi connectivity index (χ2n) is 2.49. The summed E-state index contributed by atoms with van der Waals surface area (Å²) in [5.74, 6) is 0.274. The normalized spacial score (nSPS) is 21.8. The van der Waals surface area contributed by atoms with Gasteiger partial charge >= 0.3 is 0 Å². The molecule has 2 rings (SSSR count). The van der Waals surface area contributed by atoms with E-state index in [4.69, 9.17) is 0 Å². The Morgan fingerprint density at radius 2 is 2.09 bits per heavy atom. The summed E-state index contributed by atoms with van der Waals surface area (Å²) < 4.78 is 25.4. The van der Waals surface area contributed by atoms with Gasteiger partial charge in [-0.15, -0.1) is 0 Å². The van der Waals surface area contributed by atoms with E-state index in [-0.39, 0.29) is 16.9 Å². The van der Waals surface area contributed by atoms with E-state index in [9.17, 15) is 8.78 Å². The zero-order valence-corrected chi connectivity index (χ0v) is 6.50. The van der Waals surface area contributed by atoms with Crippen LogP contribution in [0.25, 0.3) is 0 Å². The van der Waals surface area contributed by atoms with Gasteiger partial charge < -0.3 is 0 Å². The molecule has 58 valence electrons. The second-order valence-corrected chi connectivity index (χ2v) is 3.72. The molecule has 0 spiro atoms. The van der Waals surface area contributed by atoms with Crippen molar-refractivity contribution in [2.45, 2.75) is 5.25 Å². The number of hydrogen-bond donors (Lipinski definition) is 0. The van der Waals surface area contributed by atoms with Crippen LogP contribution in [0.2, 0.25) is 0 Å². The molecule has 1 aromatic carbocycles. The Morgan fingerprint density at radius 3 is 2.73 bits per heavy atom. The lowest BCUT2D eigenvalue weighted by molar-refractivity contribution is 0.588. The summed E-state index contributed by atoms with van der Waals surface area (Å²) in [7, 11) is 0. The van der Waals surface area contributed by atoms with Crippen molar-refractivity contribution in [2.75, 3.05) is 5.75 Å². The zero-order chi connectivity index (χ0) is 7.84. The van der Waals surface area contributed by atoms with Gasteiger partial charge in [0.25, 0.3) is 0 Å². The van der Waals surface area contributed by atoms with E-state index >= 15 is 0 Å². The molecule has 1 saturated heterocycles. The Labute approximate surface area is 67.6 Å². The predicted octanol–water partition coefficient (Wildman–Crippen LogP) is 2.75. The van der Waals surface area contributed by atoms with E-state index in [1.54, 1.807) is 11.8 Å². The van der Waals surface area contributed by atoms with E-state index < -0.39 is 0 Å². The molecule has 1 fully saturated rings. The zero-order valence-electron chi connectivity index (χ0n) is 5.68. The molecule has 11 heavy (non-hydrogen) atoms. The monoisotopic (exact) mass is 172 g/mol. The Balaban J connectivity index is 2.42. The van der Waals surface area contributed by atoms with Gasteiger partial charge in [0.2, 0.25) is 0 Å². The molecule has 0 nitrogen and oxygen atoms in total. The van der Waals surface area contributed by atoms with Gasteiger partial charge in [-0.2, -0.15) is 11.8 Å². The second kappa shape index (κ2) is 2.48. The molecule has 1 atom stereocenters. The summed E-state index contributed by atoms with van der Waals surface area (Å²) in [6.07, 6.45) is 0. The smallest absolute Gasteiger partial charge is 0.127 e. The minimum atomic E-state index is -0.353. The first kappa shape index (κ1) is 7.10. The van der Waals surface area contributed by atoms with Gasteiger partial charge in [0.1, 0.15) is 11.6 Å². The van der Waals surface area contributed by atoms with Crippen LogP contribution in [0.4, 0.5) is 8.78 Å². The summed E-state index contributed by atoms with van der Waals surface area (Å²) in [4.78, 5) is 0. The van der Waals surface area contributed by atoms with Crippen LogP contribution in [0.3, 0.4) is 0 Å². The molecule has 0 aromatic heterocycles. The molecule has 0 radical (unpaired) electrons. The fourth-order valence-corrected chi connectivity index (χ4v) is 1.62. The van der Waals surface area contributed by atoms with Crippen LogP contribution < -0.4 is 0 Å². The molecule has 0 bridgehead atoms. The van der Waals surface area contributed by atoms with E-state index in [1.807, 2.05) is 0 Å². The summed E-state index contributed by atoms with van der Waals surface area (Å²) in [6, 6.07) is 3.61. The third-order valence-electron chi connectivity index (χ3n) is 1.64. The Bertz CT molecular complexity index is 281. The van der Waals surface area contributed by atoms with Crippen LogP contribution in [0.1, 0.15) is 10.8 Å². The van der Waals surface area contributed by atoms with Crippen LogP contribution in [-0.4, -0.2) is 5.75 Å². The first-order chi connectivity index (χ1) is 5.27. The minimum Gasteiger partial charge on any atom is -0.207 e. The van der Waals surface area contributed by atoms with Crippen molar-refractivity contribution < 1.29 is 8.78 Å². The number of hydrogen-bond acceptors (Lipinski definition) is 1. The largest absolute Gasteiger partial charge is 0.207 e. The van der Waals surface area contributed by atoms with Gasteiger partial charge in [0.15, 0.2) is 0 Å². The minimum absolute atomic E-state index is 0.200. The predicted molar refractivity (Wildman–Crippen MR) is 41.6 cm³/mol. The molecule has 0 amide bonds. The van der Waals surface area contributed by atoms with E-state index in [0.717, 1.165) is 11.8 Å². The molecule has 1 aliphatic rings. The summed E-state index contributed by atoms with van der Waals surface area (Å²) >= 11 is 1.64. The lowest BCUT2D eigenvalue weighted by atomic mass is 10.1. The van der Waals surface area contributed by atoms with Crippen LogP contribution in [0.15, 0.2) is 18.2 Å². The van der Waals surface area contributed by atoms with Crippen molar-refractivity contribution in [1.29, 1.82) is 0 Å². The van der Waals surface area contributed by atoms with Gasteiger partial charge in [-0.3, -0.25) is 0 Å². The SMILES string of the molecule is Fc1ccc(F)c(C2CS2)c1.